The van der Waals surface area contributed by atoms with Crippen molar-refractivity contribution >= 4 is 19.7 Å². The summed E-state index contributed by atoms with van der Waals surface area (Å²) in [6, 6.07) is 6.60. The molecule has 5 heteroatoms. The van der Waals surface area contributed by atoms with Crippen LogP contribution in [0.4, 0.5) is 0 Å². The van der Waals surface area contributed by atoms with Gasteiger partial charge in [-0.25, -0.2) is 4.79 Å². The van der Waals surface area contributed by atoms with E-state index in [9.17, 15) is 4.79 Å². The van der Waals surface area contributed by atoms with Crippen molar-refractivity contribution in [1.29, 1.82) is 0 Å². The van der Waals surface area contributed by atoms with Crippen LogP contribution in [0.25, 0.3) is 6.08 Å². The van der Waals surface area contributed by atoms with E-state index in [0.29, 0.717) is 13.4 Å². The van der Waals surface area contributed by atoms with E-state index in [1.54, 1.807) is 24.3 Å². The zero-order valence-corrected chi connectivity index (χ0v) is 7.25. The number of carboxylic acid groups (broad SMARTS) is 1. The maximum atomic E-state index is 10.2. The average Bonchev–Trinajstić information content (AvgIpc) is 2.17. The molecule has 1 rings (SSSR count). The number of aliphatic carboxylic acids is 1. The van der Waals surface area contributed by atoms with E-state index in [0.717, 1.165) is 11.6 Å². The molecule has 0 aliphatic rings. The quantitative estimate of drug-likeness (QED) is 0.542. The summed E-state index contributed by atoms with van der Waals surface area (Å²) in [6.07, 6.45) is 2.52. The van der Waals surface area contributed by atoms with Gasteiger partial charge >= 0.3 is 13.7 Å². The fourth-order valence-electron chi connectivity index (χ4n) is 0.886. The topological polar surface area (TPSA) is 66.8 Å². The molecule has 2 N–H and O–H groups in total. The Kier molecular flexibility index (Phi) is 3.76. The van der Waals surface area contributed by atoms with Gasteiger partial charge in [0, 0.05) is 6.08 Å². The van der Waals surface area contributed by atoms with Crippen LogP contribution in [0.2, 0.25) is 0 Å². The van der Waals surface area contributed by atoms with E-state index in [4.69, 9.17) is 10.1 Å². The lowest BCUT2D eigenvalue weighted by Gasteiger charge is -2.00. The van der Waals surface area contributed by atoms with E-state index < -0.39 is 5.97 Å². The Bertz CT molecular complexity index is 331. The molecule has 0 heterocycles. The third kappa shape index (κ3) is 3.32. The number of hydrogen-bond acceptors (Lipinski definition) is 3. The first-order valence-electron chi connectivity index (χ1n) is 3.86. The molecule has 0 spiro atoms. The van der Waals surface area contributed by atoms with Crippen molar-refractivity contribution in [2.75, 3.05) is 0 Å². The van der Waals surface area contributed by atoms with Gasteiger partial charge in [-0.15, -0.1) is 0 Å². The summed E-state index contributed by atoms with van der Waals surface area (Å²) in [5.41, 5.74) is 0.748. The molecular weight excluding hydrogens is 183 g/mol. The van der Waals surface area contributed by atoms with Crippen LogP contribution < -0.4 is 4.65 Å². The Morgan fingerprint density at radius 2 is 2.00 bits per heavy atom. The highest BCUT2D eigenvalue weighted by molar-refractivity contribution is 6.17. The van der Waals surface area contributed by atoms with Gasteiger partial charge in [-0.1, -0.05) is 12.1 Å². The first kappa shape index (κ1) is 10.3. The second-order valence-electron chi connectivity index (χ2n) is 2.46. The third-order valence-corrected chi connectivity index (χ3v) is 1.49. The van der Waals surface area contributed by atoms with Crippen molar-refractivity contribution in [1.82, 2.24) is 0 Å². The molecular formula is C9H8BO4. The van der Waals surface area contributed by atoms with Gasteiger partial charge < -0.3 is 14.8 Å². The van der Waals surface area contributed by atoms with Crippen molar-refractivity contribution in [3.8, 4) is 5.75 Å². The number of carboxylic acids is 1. The third-order valence-electron chi connectivity index (χ3n) is 1.49. The zero-order chi connectivity index (χ0) is 10.4. The molecule has 14 heavy (non-hydrogen) atoms. The summed E-state index contributed by atoms with van der Waals surface area (Å²) < 4.78 is 4.68. The van der Waals surface area contributed by atoms with E-state index in [1.165, 1.54) is 6.08 Å². The molecule has 0 unspecified atom stereocenters. The Hall–Kier alpha value is -1.75. The Morgan fingerprint density at radius 1 is 1.36 bits per heavy atom. The minimum absolute atomic E-state index is 0.486. The lowest BCUT2D eigenvalue weighted by molar-refractivity contribution is -0.131. The maximum Gasteiger partial charge on any atom is 0.569 e. The normalized spacial score (nSPS) is 10.1. The average molecular weight is 191 g/mol. The summed E-state index contributed by atoms with van der Waals surface area (Å²) in [4.78, 5) is 10.2. The molecule has 1 aromatic carbocycles. The minimum Gasteiger partial charge on any atom is -0.537 e. The largest absolute Gasteiger partial charge is 0.569 e. The predicted molar refractivity (Wildman–Crippen MR) is 51.7 cm³/mol. The number of carbonyl (C=O) groups is 1. The molecule has 0 saturated carbocycles. The highest BCUT2D eigenvalue weighted by atomic mass is 16.5. The van der Waals surface area contributed by atoms with Crippen LogP contribution in [-0.4, -0.2) is 23.8 Å². The van der Waals surface area contributed by atoms with E-state index in [-0.39, 0.29) is 0 Å². The lowest BCUT2D eigenvalue weighted by atomic mass is 10.2. The Morgan fingerprint density at radius 3 is 2.50 bits per heavy atom. The van der Waals surface area contributed by atoms with Crippen molar-refractivity contribution < 1.29 is 19.6 Å². The monoisotopic (exact) mass is 191 g/mol. The molecule has 4 nitrogen and oxygen atoms in total. The van der Waals surface area contributed by atoms with E-state index in [1.807, 2.05) is 0 Å². The van der Waals surface area contributed by atoms with Gasteiger partial charge in [0.05, 0.1) is 0 Å². The number of hydrogen-bond donors (Lipinski definition) is 2. The highest BCUT2D eigenvalue weighted by Gasteiger charge is 1.94. The molecule has 71 valence electrons. The molecule has 0 fully saturated rings. The highest BCUT2D eigenvalue weighted by Crippen LogP contribution is 2.12. The van der Waals surface area contributed by atoms with Crippen LogP contribution in [0.15, 0.2) is 30.3 Å². The molecule has 0 aromatic heterocycles. The Labute approximate surface area is 81.8 Å². The second-order valence-corrected chi connectivity index (χ2v) is 2.46. The zero-order valence-electron chi connectivity index (χ0n) is 7.25. The van der Waals surface area contributed by atoms with Crippen LogP contribution in [0, 0.1) is 0 Å². The van der Waals surface area contributed by atoms with Gasteiger partial charge in [-0.3, -0.25) is 0 Å². The number of benzene rings is 1. The van der Waals surface area contributed by atoms with Crippen LogP contribution in [0.1, 0.15) is 5.56 Å². The van der Waals surface area contributed by atoms with Gasteiger partial charge in [-0.2, -0.15) is 0 Å². The summed E-state index contributed by atoms with van der Waals surface area (Å²) in [6.45, 7) is 0. The van der Waals surface area contributed by atoms with E-state index in [2.05, 4.69) is 4.65 Å². The molecule has 0 amide bonds. The first-order chi connectivity index (χ1) is 6.72. The van der Waals surface area contributed by atoms with Crippen LogP contribution in [-0.2, 0) is 4.79 Å². The lowest BCUT2D eigenvalue weighted by Crippen LogP contribution is -1.99. The molecule has 0 aliphatic carbocycles. The van der Waals surface area contributed by atoms with Crippen molar-refractivity contribution in [2.24, 2.45) is 0 Å². The summed E-state index contributed by atoms with van der Waals surface area (Å²) in [7, 11) is 0.585. The minimum atomic E-state index is -0.992. The van der Waals surface area contributed by atoms with Gasteiger partial charge in [0.15, 0.2) is 0 Å². The van der Waals surface area contributed by atoms with Crippen LogP contribution in [0.3, 0.4) is 0 Å². The summed E-state index contributed by atoms with van der Waals surface area (Å²) >= 11 is 0. The molecule has 1 radical (unpaired) electrons. The molecule has 0 aliphatic heterocycles. The van der Waals surface area contributed by atoms with Crippen molar-refractivity contribution in [3.63, 3.8) is 0 Å². The molecule has 0 bridgehead atoms. The Balaban J connectivity index is 2.68. The fraction of sp³-hybridized carbons (Fsp3) is 0. The van der Waals surface area contributed by atoms with Gasteiger partial charge in [0.1, 0.15) is 5.75 Å². The maximum absolute atomic E-state index is 10.2. The molecule has 0 atom stereocenters. The van der Waals surface area contributed by atoms with Gasteiger partial charge in [0.2, 0.25) is 0 Å². The molecule has 1 aromatic rings. The second kappa shape index (κ2) is 5.09. The molecule has 0 saturated heterocycles. The van der Waals surface area contributed by atoms with Crippen LogP contribution >= 0.6 is 0 Å². The van der Waals surface area contributed by atoms with Gasteiger partial charge in [0.25, 0.3) is 0 Å². The summed E-state index contributed by atoms with van der Waals surface area (Å²) in [5, 5.41) is 16.7. The van der Waals surface area contributed by atoms with E-state index >= 15 is 0 Å². The van der Waals surface area contributed by atoms with Crippen molar-refractivity contribution in [3.05, 3.63) is 35.9 Å². The SMILES string of the molecule is O=C(O)/C=C/c1ccc(O[B]O)cc1. The first-order valence-corrected chi connectivity index (χ1v) is 3.86. The number of rotatable bonds is 4. The van der Waals surface area contributed by atoms with Crippen molar-refractivity contribution in [2.45, 2.75) is 0 Å². The standard InChI is InChI=1S/C9H8BO4/c11-9(12)6-3-7-1-4-8(5-2-7)14-10-13/h1-6,13H,(H,11,12)/b6-3+. The smallest absolute Gasteiger partial charge is 0.537 e. The van der Waals surface area contributed by atoms with Crippen LogP contribution in [0.5, 0.6) is 5.75 Å². The fourth-order valence-corrected chi connectivity index (χ4v) is 0.886. The predicted octanol–water partition coefficient (Wildman–Crippen LogP) is 0.690. The van der Waals surface area contributed by atoms with Gasteiger partial charge in [-0.05, 0) is 23.8 Å². The summed E-state index contributed by atoms with van der Waals surface area (Å²) in [5.74, 6) is -0.506.